The van der Waals surface area contributed by atoms with Crippen molar-refractivity contribution in [1.29, 1.82) is 0 Å². The maximum Gasteiger partial charge on any atom is 0.472 e. The lowest BCUT2D eigenvalue weighted by molar-refractivity contribution is -0.870. The molecule has 0 aliphatic heterocycles. The van der Waals surface area contributed by atoms with Crippen LogP contribution in [0.3, 0.4) is 0 Å². The van der Waals surface area contributed by atoms with Gasteiger partial charge in [-0.1, -0.05) is 103 Å². The van der Waals surface area contributed by atoms with Crippen LogP contribution in [0.2, 0.25) is 0 Å². The molecule has 8 heteroatoms. The molecule has 0 aliphatic rings. The van der Waals surface area contributed by atoms with Crippen molar-refractivity contribution in [3.8, 4) is 0 Å². The molecule has 0 fully saturated rings. The number of ether oxygens (including phenoxy) is 1. The van der Waals surface area contributed by atoms with Gasteiger partial charge in [0, 0.05) is 6.61 Å². The van der Waals surface area contributed by atoms with Crippen LogP contribution in [-0.4, -0.2) is 74.7 Å². The van der Waals surface area contributed by atoms with Gasteiger partial charge in [-0.2, -0.15) is 0 Å². The summed E-state index contributed by atoms with van der Waals surface area (Å²) in [6, 6.07) is 0. The molecule has 0 aromatic rings. The highest BCUT2D eigenvalue weighted by Gasteiger charge is 2.22. The number of unbranched alkanes of at least 4 members (excludes halogenated alkanes) is 17. The molecule has 2 unspecified atom stereocenters. The third kappa shape index (κ3) is 30.4. The average Bonchev–Trinajstić information content (AvgIpc) is 2.83. The molecule has 0 aliphatic carbocycles. The Kier molecular flexibility index (Phi) is 25.0. The van der Waals surface area contributed by atoms with Gasteiger partial charge in [0.15, 0.2) is 0 Å². The molecular formula is C29H63NO6P+. The van der Waals surface area contributed by atoms with Crippen LogP contribution < -0.4 is 0 Å². The van der Waals surface area contributed by atoms with Gasteiger partial charge < -0.3 is 19.2 Å². The summed E-state index contributed by atoms with van der Waals surface area (Å²) in [5.74, 6) is 0. The zero-order chi connectivity index (χ0) is 27.7. The van der Waals surface area contributed by atoms with Crippen LogP contribution in [0.5, 0.6) is 0 Å². The van der Waals surface area contributed by atoms with E-state index in [-0.39, 0.29) is 19.8 Å². The van der Waals surface area contributed by atoms with Crippen LogP contribution in [-0.2, 0) is 18.3 Å². The highest BCUT2D eigenvalue weighted by molar-refractivity contribution is 7.47. The van der Waals surface area contributed by atoms with Gasteiger partial charge in [-0.25, -0.2) is 4.57 Å². The smallest absolute Gasteiger partial charge is 0.388 e. The molecule has 0 saturated carbocycles. The van der Waals surface area contributed by atoms with E-state index in [9.17, 15) is 14.6 Å². The highest BCUT2D eigenvalue weighted by atomic mass is 31.2. The van der Waals surface area contributed by atoms with Crippen LogP contribution in [0.4, 0.5) is 0 Å². The predicted molar refractivity (Wildman–Crippen MR) is 155 cm³/mol. The molecule has 0 heterocycles. The van der Waals surface area contributed by atoms with Crippen molar-refractivity contribution in [2.75, 3.05) is 54.1 Å². The number of rotatable bonds is 29. The molecule has 0 aromatic heterocycles. The number of nitrogens with zero attached hydrogens (tertiary/aromatic N) is 1. The number of hydrogen-bond acceptors (Lipinski definition) is 5. The van der Waals surface area contributed by atoms with Gasteiger partial charge in [0.05, 0.1) is 47.5 Å². The highest BCUT2D eigenvalue weighted by Crippen LogP contribution is 2.43. The Labute approximate surface area is 229 Å². The van der Waals surface area contributed by atoms with Crippen molar-refractivity contribution in [3.05, 3.63) is 0 Å². The van der Waals surface area contributed by atoms with Crippen LogP contribution in [0.1, 0.15) is 129 Å². The van der Waals surface area contributed by atoms with Crippen molar-refractivity contribution < 1.29 is 32.8 Å². The molecule has 0 spiro atoms. The predicted octanol–water partition coefficient (Wildman–Crippen LogP) is 7.64. The number of phosphoric acid groups is 1. The van der Waals surface area contributed by atoms with E-state index in [1.165, 1.54) is 89.9 Å². The number of quaternary nitrogens is 1. The summed E-state index contributed by atoms with van der Waals surface area (Å²) in [7, 11) is 2.30. The maximum absolute atomic E-state index is 11.9. The van der Waals surface area contributed by atoms with E-state index in [1.54, 1.807) is 0 Å². The van der Waals surface area contributed by atoms with Crippen molar-refractivity contribution in [2.45, 2.75) is 135 Å². The summed E-state index contributed by atoms with van der Waals surface area (Å²) in [6.45, 7) is 3.93. The second kappa shape index (κ2) is 25.0. The Bertz CT molecular complexity index is 529. The molecule has 2 N–H and O–H groups in total. The van der Waals surface area contributed by atoms with Crippen molar-refractivity contribution >= 4 is 7.82 Å². The Morgan fingerprint density at radius 1 is 0.622 bits per heavy atom. The molecule has 0 aromatic carbocycles. The van der Waals surface area contributed by atoms with Crippen molar-refractivity contribution in [2.24, 2.45) is 0 Å². The van der Waals surface area contributed by atoms with Crippen molar-refractivity contribution in [3.63, 3.8) is 0 Å². The van der Waals surface area contributed by atoms with Crippen LogP contribution in [0.15, 0.2) is 0 Å². The third-order valence-corrected chi connectivity index (χ3v) is 7.59. The second-order valence-corrected chi connectivity index (χ2v) is 13.2. The molecule has 0 bridgehead atoms. The van der Waals surface area contributed by atoms with Crippen molar-refractivity contribution in [1.82, 2.24) is 0 Å². The summed E-state index contributed by atoms with van der Waals surface area (Å²) >= 11 is 0. The van der Waals surface area contributed by atoms with Gasteiger partial charge in [-0.3, -0.25) is 9.05 Å². The number of aliphatic hydroxyl groups is 1. The Morgan fingerprint density at radius 3 is 1.54 bits per heavy atom. The molecule has 0 saturated heterocycles. The topological polar surface area (TPSA) is 85.2 Å². The first-order valence-electron chi connectivity index (χ1n) is 15.3. The minimum absolute atomic E-state index is 0.101. The molecule has 0 amide bonds. The summed E-state index contributed by atoms with van der Waals surface area (Å²) in [5.41, 5.74) is 0. The lowest BCUT2D eigenvalue weighted by atomic mass is 10.0. The van der Waals surface area contributed by atoms with E-state index in [4.69, 9.17) is 13.8 Å². The normalized spacial score (nSPS) is 14.6. The summed E-state index contributed by atoms with van der Waals surface area (Å²) < 4.78 is 28.2. The fourth-order valence-corrected chi connectivity index (χ4v) is 5.08. The van der Waals surface area contributed by atoms with Crippen LogP contribution in [0, 0.1) is 0 Å². The Morgan fingerprint density at radius 2 is 1.05 bits per heavy atom. The summed E-state index contributed by atoms with van der Waals surface area (Å²) in [4.78, 5) is 9.73. The fourth-order valence-electron chi connectivity index (χ4n) is 4.28. The zero-order valence-corrected chi connectivity index (χ0v) is 25.9. The maximum atomic E-state index is 11.9. The van der Waals surface area contributed by atoms with E-state index in [2.05, 4.69) is 28.1 Å². The molecular weight excluding hydrogens is 489 g/mol. The van der Waals surface area contributed by atoms with E-state index in [0.717, 1.165) is 36.7 Å². The van der Waals surface area contributed by atoms with Crippen LogP contribution >= 0.6 is 7.82 Å². The summed E-state index contributed by atoms with van der Waals surface area (Å²) in [6.07, 6.45) is 23.1. The first kappa shape index (κ1) is 37.0. The number of hydrogen-bond donors (Lipinski definition) is 2. The average molecular weight is 553 g/mol. The minimum Gasteiger partial charge on any atom is -0.388 e. The molecule has 224 valence electrons. The summed E-state index contributed by atoms with van der Waals surface area (Å²) in [5, 5.41) is 9.93. The zero-order valence-electron chi connectivity index (χ0n) is 25.0. The monoisotopic (exact) mass is 552 g/mol. The minimum atomic E-state index is -4.13. The first-order valence-corrected chi connectivity index (χ1v) is 16.8. The van der Waals surface area contributed by atoms with Gasteiger partial charge in [0.1, 0.15) is 6.10 Å². The lowest BCUT2D eigenvalue weighted by Gasteiger charge is -2.23. The molecule has 0 rings (SSSR count). The van der Waals surface area contributed by atoms with Gasteiger partial charge in [0.25, 0.3) is 0 Å². The standard InChI is InChI=1S/C29H62NO6P/c1-5-6-7-8-9-10-11-12-13-14-15-16-17-18-19-22-25-34-27-29(31)28-36-37(32,33)35-26-23-20-21-24-30(2,3)4/h29,31H,5-28H2,1-4H3/p+1. The fraction of sp³-hybridized carbons (Fsp3) is 1.00. The van der Waals surface area contributed by atoms with E-state index in [1.807, 2.05) is 0 Å². The van der Waals surface area contributed by atoms with Gasteiger partial charge in [-0.15, -0.1) is 0 Å². The quantitative estimate of drug-likeness (QED) is 0.0564. The number of phosphoric ester groups is 1. The van der Waals surface area contributed by atoms with Gasteiger partial charge in [-0.05, 0) is 25.7 Å². The number of aliphatic hydroxyl groups excluding tert-OH is 1. The molecule has 0 radical (unpaired) electrons. The molecule has 2 atom stereocenters. The second-order valence-electron chi connectivity index (χ2n) is 11.7. The first-order chi connectivity index (χ1) is 17.7. The third-order valence-electron chi connectivity index (χ3n) is 6.61. The Hall–Kier alpha value is -0.0100. The SMILES string of the molecule is CCCCCCCCCCCCCCCCCCOCC(O)COP(=O)(O)OCCCCC[N+](C)(C)C. The lowest BCUT2D eigenvalue weighted by Crippen LogP contribution is -2.35. The largest absolute Gasteiger partial charge is 0.472 e. The van der Waals surface area contributed by atoms with Crippen LogP contribution in [0.25, 0.3) is 0 Å². The molecule has 37 heavy (non-hydrogen) atoms. The molecule has 7 nitrogen and oxygen atoms in total. The van der Waals surface area contributed by atoms with Gasteiger partial charge >= 0.3 is 7.82 Å². The van der Waals surface area contributed by atoms with Gasteiger partial charge in [0.2, 0.25) is 0 Å². The van der Waals surface area contributed by atoms with E-state index in [0.29, 0.717) is 13.0 Å². The Balaban J connectivity index is 3.40. The van der Waals surface area contributed by atoms with E-state index < -0.39 is 13.9 Å². The van der Waals surface area contributed by atoms with E-state index >= 15 is 0 Å².